The van der Waals surface area contributed by atoms with Gasteiger partial charge in [0.05, 0.1) is 12.5 Å². The number of hydrogen-bond acceptors (Lipinski definition) is 4. The number of urea groups is 1. The van der Waals surface area contributed by atoms with E-state index < -0.39 is 23.9 Å². The number of carbonyl (C=O) groups excluding carboxylic acids is 2. The Bertz CT molecular complexity index is 355. The molecule has 0 spiro atoms. The first-order valence-corrected chi connectivity index (χ1v) is 6.52. The molecule has 1 atom stereocenters. The number of aliphatic carboxylic acids is 1. The van der Waals surface area contributed by atoms with Crippen molar-refractivity contribution in [2.45, 2.75) is 45.2 Å². The van der Waals surface area contributed by atoms with Crippen LogP contribution in [-0.2, 0) is 9.59 Å². The molecule has 0 saturated heterocycles. The quantitative estimate of drug-likeness (QED) is 0.612. The van der Waals surface area contributed by atoms with E-state index in [4.69, 9.17) is 5.11 Å². The van der Waals surface area contributed by atoms with Gasteiger partial charge >= 0.3 is 12.0 Å². The number of nitrogens with one attached hydrogen (secondary N) is 2. The van der Waals surface area contributed by atoms with Crippen LogP contribution in [0.2, 0.25) is 0 Å². The minimum atomic E-state index is -0.887. The molecule has 1 unspecified atom stereocenters. The van der Waals surface area contributed by atoms with E-state index in [2.05, 4.69) is 10.6 Å². The van der Waals surface area contributed by atoms with Crippen molar-refractivity contribution in [2.24, 2.45) is 0 Å². The molecule has 0 heterocycles. The number of carboxylic acid groups (broad SMARTS) is 1. The Morgan fingerprint density at radius 3 is 2.47 bits per heavy atom. The fraction of sp³-hybridized carbons (Fsp3) is 0.750. The SMILES string of the molecule is CCNC(=O)NC(=O)C(C)N(CCC(=O)O)C1CC1. The molecule has 19 heavy (non-hydrogen) atoms. The lowest BCUT2D eigenvalue weighted by Crippen LogP contribution is -2.50. The molecule has 0 aromatic carbocycles. The summed E-state index contributed by atoms with van der Waals surface area (Å²) in [5, 5.41) is 13.4. The molecule has 1 fully saturated rings. The maximum absolute atomic E-state index is 11.9. The van der Waals surface area contributed by atoms with Crippen molar-refractivity contribution < 1.29 is 19.5 Å². The van der Waals surface area contributed by atoms with Gasteiger partial charge in [-0.3, -0.25) is 19.8 Å². The number of rotatable bonds is 7. The van der Waals surface area contributed by atoms with Gasteiger partial charge in [0, 0.05) is 19.1 Å². The molecule has 0 aliphatic heterocycles. The fourth-order valence-electron chi connectivity index (χ4n) is 1.90. The van der Waals surface area contributed by atoms with Gasteiger partial charge in [0.25, 0.3) is 0 Å². The van der Waals surface area contributed by atoms with Crippen molar-refractivity contribution in [3.63, 3.8) is 0 Å². The Hall–Kier alpha value is -1.63. The minimum Gasteiger partial charge on any atom is -0.481 e. The Kier molecular flexibility index (Phi) is 5.75. The molecule has 0 radical (unpaired) electrons. The van der Waals surface area contributed by atoms with E-state index in [1.165, 1.54) is 0 Å². The summed E-state index contributed by atoms with van der Waals surface area (Å²) in [5.74, 6) is -1.29. The molecular weight excluding hydrogens is 250 g/mol. The van der Waals surface area contributed by atoms with Gasteiger partial charge in [-0.05, 0) is 26.7 Å². The summed E-state index contributed by atoms with van der Waals surface area (Å²) in [5.41, 5.74) is 0. The molecule has 0 aromatic rings. The molecule has 1 rings (SSSR count). The summed E-state index contributed by atoms with van der Waals surface area (Å²) in [6.07, 6.45) is 1.94. The van der Waals surface area contributed by atoms with Crippen LogP contribution in [0.3, 0.4) is 0 Å². The molecular formula is C12H21N3O4. The van der Waals surface area contributed by atoms with Crippen LogP contribution in [0.5, 0.6) is 0 Å². The van der Waals surface area contributed by atoms with Crippen molar-refractivity contribution in [1.82, 2.24) is 15.5 Å². The first-order chi connectivity index (χ1) is 8.95. The van der Waals surface area contributed by atoms with Crippen LogP contribution in [0.1, 0.15) is 33.1 Å². The van der Waals surface area contributed by atoms with E-state index in [0.29, 0.717) is 13.1 Å². The third kappa shape index (κ3) is 5.25. The molecule has 108 valence electrons. The lowest BCUT2D eigenvalue weighted by molar-refractivity contribution is -0.138. The molecule has 7 heteroatoms. The average molecular weight is 271 g/mol. The van der Waals surface area contributed by atoms with Gasteiger partial charge < -0.3 is 10.4 Å². The third-order valence-corrected chi connectivity index (χ3v) is 3.05. The van der Waals surface area contributed by atoms with Gasteiger partial charge in [-0.2, -0.15) is 0 Å². The number of nitrogens with zero attached hydrogens (tertiary/aromatic N) is 1. The summed E-state index contributed by atoms with van der Waals surface area (Å²) in [7, 11) is 0. The standard InChI is InChI=1S/C12H21N3O4/c1-3-13-12(19)14-11(18)8(2)15(9-4-5-9)7-6-10(16)17/h8-9H,3-7H2,1-2H3,(H,16,17)(H2,13,14,18,19). The predicted octanol–water partition coefficient (Wildman–Crippen LogP) is 0.160. The molecule has 1 aliphatic carbocycles. The van der Waals surface area contributed by atoms with E-state index >= 15 is 0 Å². The molecule has 1 saturated carbocycles. The van der Waals surface area contributed by atoms with Crippen LogP contribution in [0.25, 0.3) is 0 Å². The summed E-state index contributed by atoms with van der Waals surface area (Å²) >= 11 is 0. The Morgan fingerprint density at radius 1 is 1.37 bits per heavy atom. The number of carbonyl (C=O) groups is 3. The highest BCUT2D eigenvalue weighted by molar-refractivity contribution is 5.96. The zero-order chi connectivity index (χ0) is 14.4. The summed E-state index contributed by atoms with van der Waals surface area (Å²) in [6.45, 7) is 4.22. The third-order valence-electron chi connectivity index (χ3n) is 3.05. The van der Waals surface area contributed by atoms with Gasteiger partial charge in [0.2, 0.25) is 5.91 Å². The van der Waals surface area contributed by atoms with Crippen molar-refractivity contribution in [3.05, 3.63) is 0 Å². The van der Waals surface area contributed by atoms with Crippen molar-refractivity contribution in [2.75, 3.05) is 13.1 Å². The largest absolute Gasteiger partial charge is 0.481 e. The van der Waals surface area contributed by atoms with Gasteiger partial charge in [-0.15, -0.1) is 0 Å². The highest BCUT2D eigenvalue weighted by atomic mass is 16.4. The van der Waals surface area contributed by atoms with Crippen LogP contribution < -0.4 is 10.6 Å². The summed E-state index contributed by atoms with van der Waals surface area (Å²) in [6, 6.07) is -0.767. The van der Waals surface area contributed by atoms with Crippen LogP contribution >= 0.6 is 0 Å². The van der Waals surface area contributed by atoms with Gasteiger partial charge in [-0.25, -0.2) is 4.79 Å². The zero-order valence-electron chi connectivity index (χ0n) is 11.3. The topological polar surface area (TPSA) is 98.7 Å². The smallest absolute Gasteiger partial charge is 0.321 e. The van der Waals surface area contributed by atoms with Crippen molar-refractivity contribution in [1.29, 1.82) is 0 Å². The fourth-order valence-corrected chi connectivity index (χ4v) is 1.90. The second-order valence-corrected chi connectivity index (χ2v) is 4.64. The Labute approximate surface area is 112 Å². The normalized spacial score (nSPS) is 15.9. The first-order valence-electron chi connectivity index (χ1n) is 6.52. The first kappa shape index (κ1) is 15.4. The van der Waals surface area contributed by atoms with Crippen LogP contribution in [-0.4, -0.2) is 53.1 Å². The molecule has 3 N–H and O–H groups in total. The van der Waals surface area contributed by atoms with E-state index in [9.17, 15) is 14.4 Å². The minimum absolute atomic E-state index is 0.00469. The highest BCUT2D eigenvalue weighted by Gasteiger charge is 2.35. The monoisotopic (exact) mass is 271 g/mol. The average Bonchev–Trinajstić information content (AvgIpc) is 3.13. The molecule has 3 amide bonds. The summed E-state index contributed by atoms with van der Waals surface area (Å²) < 4.78 is 0. The van der Waals surface area contributed by atoms with E-state index in [0.717, 1.165) is 12.8 Å². The predicted molar refractivity (Wildman–Crippen MR) is 68.7 cm³/mol. The molecule has 0 bridgehead atoms. The second kappa shape index (κ2) is 7.08. The number of carboxylic acids is 1. The number of amides is 3. The lowest BCUT2D eigenvalue weighted by atomic mass is 10.2. The van der Waals surface area contributed by atoms with Gasteiger partial charge in [0.15, 0.2) is 0 Å². The van der Waals surface area contributed by atoms with Crippen molar-refractivity contribution >= 4 is 17.9 Å². The molecule has 0 aromatic heterocycles. The maximum atomic E-state index is 11.9. The molecule has 7 nitrogen and oxygen atoms in total. The van der Waals surface area contributed by atoms with Crippen LogP contribution in [0.4, 0.5) is 4.79 Å². The zero-order valence-corrected chi connectivity index (χ0v) is 11.3. The Morgan fingerprint density at radius 2 is 2.00 bits per heavy atom. The highest BCUT2D eigenvalue weighted by Crippen LogP contribution is 2.28. The number of hydrogen-bond donors (Lipinski definition) is 3. The van der Waals surface area contributed by atoms with Crippen LogP contribution in [0.15, 0.2) is 0 Å². The Balaban J connectivity index is 2.50. The maximum Gasteiger partial charge on any atom is 0.321 e. The van der Waals surface area contributed by atoms with Crippen LogP contribution in [0, 0.1) is 0 Å². The summed E-state index contributed by atoms with van der Waals surface area (Å²) in [4.78, 5) is 35.6. The second-order valence-electron chi connectivity index (χ2n) is 4.64. The van der Waals surface area contributed by atoms with E-state index in [1.807, 2.05) is 4.90 Å². The van der Waals surface area contributed by atoms with Gasteiger partial charge in [0.1, 0.15) is 0 Å². The lowest BCUT2D eigenvalue weighted by Gasteiger charge is -2.27. The van der Waals surface area contributed by atoms with Gasteiger partial charge in [-0.1, -0.05) is 0 Å². The number of imide groups is 1. The molecule has 1 aliphatic rings. The van der Waals surface area contributed by atoms with E-state index in [1.54, 1.807) is 13.8 Å². The van der Waals surface area contributed by atoms with Crippen molar-refractivity contribution in [3.8, 4) is 0 Å². The van der Waals surface area contributed by atoms with E-state index in [-0.39, 0.29) is 12.5 Å².